The number of nitrogens with one attached hydrogen (secondary N) is 2. The van der Waals surface area contributed by atoms with E-state index < -0.39 is 27.9 Å². The van der Waals surface area contributed by atoms with Gasteiger partial charge in [-0.15, -0.1) is 0 Å². The zero-order valence-electron chi connectivity index (χ0n) is 9.92. The number of carbonyl (C=O) groups excluding carboxylic acids is 1. The number of benzene rings is 1. The molecule has 20 heavy (non-hydrogen) atoms. The molecule has 1 aromatic heterocycles. The summed E-state index contributed by atoms with van der Waals surface area (Å²) >= 11 is 0. The molecule has 8 heteroatoms. The van der Waals surface area contributed by atoms with Crippen LogP contribution in [0.3, 0.4) is 0 Å². The molecule has 1 aromatic carbocycles. The highest BCUT2D eigenvalue weighted by molar-refractivity contribution is 6.04. The summed E-state index contributed by atoms with van der Waals surface area (Å²) in [6, 6.07) is 5.25. The molecule has 7 nitrogen and oxygen atoms in total. The minimum atomic E-state index is -0.933. The van der Waals surface area contributed by atoms with E-state index in [0.717, 1.165) is 18.2 Å². The number of carbonyl (C=O) groups is 1. The van der Waals surface area contributed by atoms with Crippen LogP contribution in [0.15, 0.2) is 41.3 Å². The van der Waals surface area contributed by atoms with Gasteiger partial charge in [0.2, 0.25) is 5.56 Å². The third-order valence-corrected chi connectivity index (χ3v) is 2.45. The molecule has 0 aliphatic carbocycles. The van der Waals surface area contributed by atoms with Crippen LogP contribution in [0.5, 0.6) is 0 Å². The van der Waals surface area contributed by atoms with Gasteiger partial charge in [-0.05, 0) is 12.1 Å². The summed E-state index contributed by atoms with van der Waals surface area (Å²) < 4.78 is 13.6. The number of rotatable bonds is 3. The van der Waals surface area contributed by atoms with Crippen LogP contribution in [-0.2, 0) is 0 Å². The van der Waals surface area contributed by atoms with E-state index in [4.69, 9.17) is 0 Å². The van der Waals surface area contributed by atoms with E-state index in [1.54, 1.807) is 0 Å². The summed E-state index contributed by atoms with van der Waals surface area (Å²) in [5.74, 6) is -1.62. The largest absolute Gasteiger partial charge is 0.329 e. The number of hydrogen-bond acceptors (Lipinski definition) is 4. The predicted octanol–water partition coefficient (Wildman–Crippen LogP) is 1.67. The molecular formula is C12H8FN3O4. The Labute approximate surface area is 111 Å². The standard InChI is InChI=1S/C12H8FN3O4/c13-9-6-8(16(19)20)1-2-10(9)15-12(18)7-3-4-14-11(17)5-7/h1-6H,(H,14,17)(H,15,18). The summed E-state index contributed by atoms with van der Waals surface area (Å²) in [6.45, 7) is 0. The minimum Gasteiger partial charge on any atom is -0.329 e. The molecule has 0 fully saturated rings. The fraction of sp³-hybridized carbons (Fsp3) is 0. The number of nitrogens with zero attached hydrogens (tertiary/aromatic N) is 1. The molecule has 0 atom stereocenters. The molecule has 102 valence electrons. The van der Waals surface area contributed by atoms with E-state index in [0.29, 0.717) is 6.07 Å². The molecule has 0 radical (unpaired) electrons. The van der Waals surface area contributed by atoms with Crippen molar-refractivity contribution < 1.29 is 14.1 Å². The Morgan fingerprint density at radius 1 is 1.30 bits per heavy atom. The average molecular weight is 277 g/mol. The summed E-state index contributed by atoms with van der Waals surface area (Å²) in [6.07, 6.45) is 1.28. The number of amides is 1. The number of pyridine rings is 1. The minimum absolute atomic E-state index is 0.0477. The highest BCUT2D eigenvalue weighted by Crippen LogP contribution is 2.20. The van der Waals surface area contributed by atoms with Gasteiger partial charge in [-0.25, -0.2) is 4.39 Å². The van der Waals surface area contributed by atoms with Crippen molar-refractivity contribution in [2.45, 2.75) is 0 Å². The second-order valence-electron chi connectivity index (χ2n) is 3.82. The number of aromatic nitrogens is 1. The first-order chi connectivity index (χ1) is 9.47. The predicted molar refractivity (Wildman–Crippen MR) is 68.1 cm³/mol. The number of nitro benzene ring substituents is 1. The molecule has 1 heterocycles. The van der Waals surface area contributed by atoms with E-state index in [9.17, 15) is 24.1 Å². The summed E-state index contributed by atoms with van der Waals surface area (Å²) in [5.41, 5.74) is -1.05. The van der Waals surface area contributed by atoms with Crippen LogP contribution in [0, 0.1) is 15.9 Å². The number of anilines is 1. The molecular weight excluding hydrogens is 269 g/mol. The molecule has 0 aliphatic heterocycles. The van der Waals surface area contributed by atoms with Crippen molar-refractivity contribution in [3.05, 3.63) is 68.4 Å². The molecule has 2 aromatic rings. The van der Waals surface area contributed by atoms with Crippen LogP contribution in [0.25, 0.3) is 0 Å². The smallest absolute Gasteiger partial charge is 0.272 e. The summed E-state index contributed by atoms with van der Waals surface area (Å²) in [5, 5.41) is 12.7. The lowest BCUT2D eigenvalue weighted by Crippen LogP contribution is -2.16. The Hall–Kier alpha value is -3.03. The van der Waals surface area contributed by atoms with E-state index in [1.165, 1.54) is 12.3 Å². The molecule has 0 bridgehead atoms. The van der Waals surface area contributed by atoms with Crippen molar-refractivity contribution in [2.75, 3.05) is 5.32 Å². The quantitative estimate of drug-likeness (QED) is 0.657. The normalized spacial score (nSPS) is 10.1. The van der Waals surface area contributed by atoms with Crippen LogP contribution >= 0.6 is 0 Å². The lowest BCUT2D eigenvalue weighted by atomic mass is 10.2. The van der Waals surface area contributed by atoms with Crippen molar-refractivity contribution >= 4 is 17.3 Å². The van der Waals surface area contributed by atoms with Crippen molar-refractivity contribution in [3.8, 4) is 0 Å². The van der Waals surface area contributed by atoms with Gasteiger partial charge in [0.1, 0.15) is 0 Å². The number of aromatic amines is 1. The topological polar surface area (TPSA) is 105 Å². The highest BCUT2D eigenvalue weighted by Gasteiger charge is 2.13. The van der Waals surface area contributed by atoms with Gasteiger partial charge in [-0.3, -0.25) is 19.7 Å². The van der Waals surface area contributed by atoms with Crippen molar-refractivity contribution in [2.24, 2.45) is 0 Å². The van der Waals surface area contributed by atoms with Crippen LogP contribution < -0.4 is 10.9 Å². The van der Waals surface area contributed by atoms with E-state index >= 15 is 0 Å². The van der Waals surface area contributed by atoms with Crippen LogP contribution in [0.1, 0.15) is 10.4 Å². The number of non-ortho nitro benzene ring substituents is 1. The van der Waals surface area contributed by atoms with Gasteiger partial charge in [0.25, 0.3) is 11.6 Å². The zero-order chi connectivity index (χ0) is 14.7. The highest BCUT2D eigenvalue weighted by atomic mass is 19.1. The molecule has 2 N–H and O–H groups in total. The van der Waals surface area contributed by atoms with Crippen molar-refractivity contribution in [1.29, 1.82) is 0 Å². The third kappa shape index (κ3) is 2.86. The number of nitro groups is 1. The SMILES string of the molecule is O=C(Nc1ccc([N+](=O)[O-])cc1F)c1cc[nH]c(=O)c1. The second kappa shape index (κ2) is 5.31. The molecule has 0 unspecified atom stereocenters. The Bertz CT molecular complexity index is 741. The fourth-order valence-electron chi connectivity index (χ4n) is 1.50. The Morgan fingerprint density at radius 3 is 2.65 bits per heavy atom. The number of hydrogen-bond donors (Lipinski definition) is 2. The maximum absolute atomic E-state index is 13.6. The van der Waals surface area contributed by atoms with Crippen LogP contribution in [0.4, 0.5) is 15.8 Å². The number of H-pyrrole nitrogens is 1. The zero-order valence-corrected chi connectivity index (χ0v) is 9.92. The third-order valence-electron chi connectivity index (χ3n) is 2.45. The van der Waals surface area contributed by atoms with E-state index in [1.807, 2.05) is 0 Å². The lowest BCUT2D eigenvalue weighted by molar-refractivity contribution is -0.385. The van der Waals surface area contributed by atoms with Crippen molar-refractivity contribution in [3.63, 3.8) is 0 Å². The van der Waals surface area contributed by atoms with Crippen LogP contribution in [-0.4, -0.2) is 15.8 Å². The van der Waals surface area contributed by atoms with Gasteiger partial charge in [0.05, 0.1) is 16.7 Å². The van der Waals surface area contributed by atoms with E-state index in [2.05, 4.69) is 10.3 Å². The summed E-state index contributed by atoms with van der Waals surface area (Å²) in [4.78, 5) is 34.9. The molecule has 2 rings (SSSR count). The second-order valence-corrected chi connectivity index (χ2v) is 3.82. The first kappa shape index (κ1) is 13.4. The molecule has 0 aliphatic rings. The first-order valence-electron chi connectivity index (χ1n) is 5.41. The average Bonchev–Trinajstić information content (AvgIpc) is 2.40. The van der Waals surface area contributed by atoms with Gasteiger partial charge in [0, 0.05) is 23.9 Å². The molecule has 0 saturated heterocycles. The van der Waals surface area contributed by atoms with E-state index in [-0.39, 0.29) is 11.3 Å². The van der Waals surface area contributed by atoms with Gasteiger partial charge in [-0.2, -0.15) is 0 Å². The summed E-state index contributed by atoms with van der Waals surface area (Å²) in [7, 11) is 0. The van der Waals surface area contributed by atoms with Gasteiger partial charge in [0.15, 0.2) is 5.82 Å². The van der Waals surface area contributed by atoms with Gasteiger partial charge in [-0.1, -0.05) is 0 Å². The molecule has 0 saturated carbocycles. The van der Waals surface area contributed by atoms with Gasteiger partial charge >= 0.3 is 0 Å². The maximum atomic E-state index is 13.6. The Morgan fingerprint density at radius 2 is 2.05 bits per heavy atom. The van der Waals surface area contributed by atoms with Crippen molar-refractivity contribution in [1.82, 2.24) is 4.98 Å². The first-order valence-corrected chi connectivity index (χ1v) is 5.41. The Kier molecular flexibility index (Phi) is 3.56. The molecule has 1 amide bonds. The molecule has 0 spiro atoms. The Balaban J connectivity index is 2.24. The maximum Gasteiger partial charge on any atom is 0.272 e. The van der Waals surface area contributed by atoms with Gasteiger partial charge < -0.3 is 10.3 Å². The fourth-order valence-corrected chi connectivity index (χ4v) is 1.50. The number of halogens is 1. The monoisotopic (exact) mass is 277 g/mol. The lowest BCUT2D eigenvalue weighted by Gasteiger charge is -2.05. The van der Waals surface area contributed by atoms with Crippen LogP contribution in [0.2, 0.25) is 0 Å².